The summed E-state index contributed by atoms with van der Waals surface area (Å²) in [5.41, 5.74) is 2.87. The summed E-state index contributed by atoms with van der Waals surface area (Å²) in [6.07, 6.45) is 5.04. The minimum atomic E-state index is 0.108. The smallest absolute Gasteiger partial charge is 0.257 e. The Bertz CT molecular complexity index is 511. The molecule has 0 aromatic carbocycles. The Labute approximate surface area is 127 Å². The van der Waals surface area contributed by atoms with Crippen molar-refractivity contribution < 1.29 is 4.79 Å². The minimum absolute atomic E-state index is 0.108. The van der Waals surface area contributed by atoms with Crippen molar-refractivity contribution in [2.75, 3.05) is 25.0 Å². The molecule has 4 heteroatoms. The Kier molecular flexibility index (Phi) is 4.86. The van der Waals surface area contributed by atoms with Gasteiger partial charge >= 0.3 is 0 Å². The fourth-order valence-corrected chi connectivity index (χ4v) is 2.86. The third kappa shape index (κ3) is 3.96. The second-order valence-electron chi connectivity index (χ2n) is 6.71. The molecule has 2 rings (SSSR count). The van der Waals surface area contributed by atoms with E-state index in [4.69, 9.17) is 0 Å². The van der Waals surface area contributed by atoms with E-state index >= 15 is 0 Å². The first kappa shape index (κ1) is 15.8. The lowest BCUT2D eigenvalue weighted by molar-refractivity contribution is 0.0758. The third-order valence-electron chi connectivity index (χ3n) is 4.27. The SMILES string of the molecule is CCNc1cc(C)ncc1C(=O)N1CCCC(C)(C)CC1. The average Bonchev–Trinajstić information content (AvgIpc) is 2.60. The van der Waals surface area contributed by atoms with Gasteiger partial charge < -0.3 is 10.2 Å². The van der Waals surface area contributed by atoms with Crippen molar-refractivity contribution in [2.24, 2.45) is 5.41 Å². The lowest BCUT2D eigenvalue weighted by atomic mass is 9.85. The quantitative estimate of drug-likeness (QED) is 0.926. The summed E-state index contributed by atoms with van der Waals surface area (Å²) in [6, 6.07) is 1.96. The number of amides is 1. The van der Waals surface area contributed by atoms with E-state index < -0.39 is 0 Å². The Morgan fingerprint density at radius 3 is 2.86 bits per heavy atom. The fourth-order valence-electron chi connectivity index (χ4n) is 2.86. The maximum Gasteiger partial charge on any atom is 0.257 e. The van der Waals surface area contributed by atoms with Gasteiger partial charge in [0.15, 0.2) is 0 Å². The van der Waals surface area contributed by atoms with Gasteiger partial charge in [-0.05, 0) is 44.6 Å². The molecular weight excluding hydrogens is 262 g/mol. The van der Waals surface area contributed by atoms with Gasteiger partial charge in [0.05, 0.1) is 11.3 Å². The van der Waals surface area contributed by atoms with Gasteiger partial charge in [-0.1, -0.05) is 13.8 Å². The summed E-state index contributed by atoms with van der Waals surface area (Å²) in [5.74, 6) is 0.108. The zero-order valence-electron chi connectivity index (χ0n) is 13.7. The van der Waals surface area contributed by atoms with Crippen molar-refractivity contribution in [1.82, 2.24) is 9.88 Å². The van der Waals surface area contributed by atoms with Crippen molar-refractivity contribution in [1.29, 1.82) is 0 Å². The Balaban J connectivity index is 2.19. The number of pyridine rings is 1. The number of nitrogens with zero attached hydrogens (tertiary/aromatic N) is 2. The van der Waals surface area contributed by atoms with Gasteiger partial charge in [0.1, 0.15) is 0 Å². The number of rotatable bonds is 3. The van der Waals surface area contributed by atoms with E-state index in [1.165, 1.54) is 6.42 Å². The molecule has 0 spiro atoms. The van der Waals surface area contributed by atoms with Crippen LogP contribution in [-0.4, -0.2) is 35.4 Å². The molecule has 2 heterocycles. The van der Waals surface area contributed by atoms with Crippen molar-refractivity contribution in [3.8, 4) is 0 Å². The highest BCUT2D eigenvalue weighted by molar-refractivity contribution is 5.99. The van der Waals surface area contributed by atoms with Crippen molar-refractivity contribution >= 4 is 11.6 Å². The summed E-state index contributed by atoms with van der Waals surface area (Å²) in [7, 11) is 0. The zero-order chi connectivity index (χ0) is 15.5. The molecule has 0 aliphatic carbocycles. The number of hydrogen-bond acceptors (Lipinski definition) is 3. The van der Waals surface area contributed by atoms with Crippen LogP contribution in [0.3, 0.4) is 0 Å². The van der Waals surface area contributed by atoms with E-state index in [1.54, 1.807) is 6.20 Å². The molecule has 1 aliphatic rings. The fraction of sp³-hybridized carbons (Fsp3) is 0.647. The first-order valence-corrected chi connectivity index (χ1v) is 7.93. The van der Waals surface area contributed by atoms with Crippen LogP contribution in [0.25, 0.3) is 0 Å². The maximum absolute atomic E-state index is 12.8. The second-order valence-corrected chi connectivity index (χ2v) is 6.71. The second kappa shape index (κ2) is 6.46. The van der Waals surface area contributed by atoms with Gasteiger partial charge in [-0.3, -0.25) is 9.78 Å². The molecule has 1 aliphatic heterocycles. The Morgan fingerprint density at radius 2 is 2.14 bits per heavy atom. The van der Waals surface area contributed by atoms with Gasteiger partial charge in [0.25, 0.3) is 5.91 Å². The molecule has 1 saturated heterocycles. The Hall–Kier alpha value is -1.58. The predicted molar refractivity (Wildman–Crippen MR) is 86.7 cm³/mol. The third-order valence-corrected chi connectivity index (χ3v) is 4.27. The normalized spacial score (nSPS) is 18.2. The van der Waals surface area contributed by atoms with Gasteiger partial charge in [0, 0.05) is 31.5 Å². The number of nitrogens with one attached hydrogen (secondary N) is 1. The van der Waals surface area contributed by atoms with E-state index in [9.17, 15) is 4.79 Å². The standard InChI is InChI=1S/C17H27N3O/c1-5-18-15-11-13(2)19-12-14(15)16(21)20-9-6-7-17(3,4)8-10-20/h11-12H,5-10H2,1-4H3,(H,18,19). The number of likely N-dealkylation sites (tertiary alicyclic amines) is 1. The summed E-state index contributed by atoms with van der Waals surface area (Å²) < 4.78 is 0. The van der Waals surface area contributed by atoms with E-state index in [0.29, 0.717) is 11.0 Å². The molecule has 1 fully saturated rings. The van der Waals surface area contributed by atoms with Crippen molar-refractivity contribution in [2.45, 2.75) is 47.0 Å². The zero-order valence-corrected chi connectivity index (χ0v) is 13.7. The van der Waals surface area contributed by atoms with Crippen LogP contribution < -0.4 is 5.32 Å². The number of hydrogen-bond donors (Lipinski definition) is 1. The average molecular weight is 289 g/mol. The van der Waals surface area contributed by atoms with Crippen LogP contribution in [0.5, 0.6) is 0 Å². The van der Waals surface area contributed by atoms with Crippen LogP contribution in [0.1, 0.15) is 56.1 Å². The molecule has 1 N–H and O–H groups in total. The molecule has 1 amide bonds. The molecule has 21 heavy (non-hydrogen) atoms. The van der Waals surface area contributed by atoms with Gasteiger partial charge in [-0.2, -0.15) is 0 Å². The first-order valence-electron chi connectivity index (χ1n) is 7.93. The first-order chi connectivity index (χ1) is 9.93. The number of carbonyl (C=O) groups is 1. The summed E-state index contributed by atoms with van der Waals surface area (Å²) in [6.45, 7) is 11.1. The number of carbonyl (C=O) groups excluding carboxylic acids is 1. The molecule has 0 radical (unpaired) electrons. The van der Waals surface area contributed by atoms with Crippen molar-refractivity contribution in [3.63, 3.8) is 0 Å². The van der Waals surface area contributed by atoms with Crippen LogP contribution in [-0.2, 0) is 0 Å². The van der Waals surface area contributed by atoms with E-state index in [2.05, 4.69) is 24.1 Å². The largest absolute Gasteiger partial charge is 0.385 e. The highest BCUT2D eigenvalue weighted by Gasteiger charge is 2.27. The highest BCUT2D eigenvalue weighted by atomic mass is 16.2. The van der Waals surface area contributed by atoms with Gasteiger partial charge in [0.2, 0.25) is 0 Å². The van der Waals surface area contributed by atoms with Crippen LogP contribution >= 0.6 is 0 Å². The molecule has 116 valence electrons. The summed E-state index contributed by atoms with van der Waals surface area (Å²) in [4.78, 5) is 19.1. The van der Waals surface area contributed by atoms with Crippen LogP contribution in [0.15, 0.2) is 12.3 Å². The Morgan fingerprint density at radius 1 is 1.38 bits per heavy atom. The summed E-state index contributed by atoms with van der Waals surface area (Å²) >= 11 is 0. The number of anilines is 1. The van der Waals surface area contributed by atoms with Gasteiger partial charge in [-0.25, -0.2) is 0 Å². The lowest BCUT2D eigenvalue weighted by Gasteiger charge is -2.24. The molecule has 4 nitrogen and oxygen atoms in total. The number of aromatic nitrogens is 1. The van der Waals surface area contributed by atoms with Gasteiger partial charge in [-0.15, -0.1) is 0 Å². The van der Waals surface area contributed by atoms with E-state index in [1.807, 2.05) is 24.8 Å². The predicted octanol–water partition coefficient (Wildman–Crippen LogP) is 3.47. The molecule has 1 aromatic heterocycles. The van der Waals surface area contributed by atoms with E-state index in [0.717, 1.165) is 43.9 Å². The molecule has 0 atom stereocenters. The van der Waals surface area contributed by atoms with Crippen molar-refractivity contribution in [3.05, 3.63) is 23.5 Å². The topological polar surface area (TPSA) is 45.2 Å². The molecule has 0 bridgehead atoms. The summed E-state index contributed by atoms with van der Waals surface area (Å²) in [5, 5.41) is 3.28. The molecule has 0 unspecified atom stereocenters. The van der Waals surface area contributed by atoms with Crippen LogP contribution in [0.4, 0.5) is 5.69 Å². The minimum Gasteiger partial charge on any atom is -0.385 e. The van der Waals surface area contributed by atoms with E-state index in [-0.39, 0.29) is 5.91 Å². The molecular formula is C17H27N3O. The van der Waals surface area contributed by atoms with Crippen LogP contribution in [0, 0.1) is 12.3 Å². The maximum atomic E-state index is 12.8. The number of aryl methyl sites for hydroxylation is 1. The van der Waals surface area contributed by atoms with Crippen LogP contribution in [0.2, 0.25) is 0 Å². The monoisotopic (exact) mass is 289 g/mol. The lowest BCUT2D eigenvalue weighted by Crippen LogP contribution is -2.33. The molecule has 1 aromatic rings. The molecule has 0 saturated carbocycles. The highest BCUT2D eigenvalue weighted by Crippen LogP contribution is 2.30.